The number of nitrogens with zero attached hydrogens (tertiary/aromatic N) is 1. The average molecular weight is 164 g/mol. The Morgan fingerprint density at radius 3 is 2.09 bits per heavy atom. The summed E-state index contributed by atoms with van der Waals surface area (Å²) in [5, 5.41) is 17.1. The van der Waals surface area contributed by atoms with Gasteiger partial charge in [0.15, 0.2) is 0 Å². The highest BCUT2D eigenvalue weighted by Crippen LogP contribution is 1.76. The van der Waals surface area contributed by atoms with E-state index in [9.17, 15) is 0 Å². The van der Waals surface area contributed by atoms with Gasteiger partial charge < -0.3 is 20.6 Å². The van der Waals surface area contributed by atoms with E-state index in [0.717, 1.165) is 0 Å². The first kappa shape index (κ1) is 12.8. The Morgan fingerprint density at radius 1 is 1.36 bits per heavy atom. The third kappa shape index (κ3) is 47.0. The van der Waals surface area contributed by atoms with Gasteiger partial charge in [0, 0.05) is 0 Å². The largest absolute Gasteiger partial charge is 0.356 e. The van der Waals surface area contributed by atoms with Crippen molar-refractivity contribution in [3.05, 3.63) is 15.3 Å². The molecule has 0 unspecified atom stereocenters. The molecule has 0 aromatic rings. The Balaban J connectivity index is 0. The Morgan fingerprint density at radius 2 is 1.82 bits per heavy atom. The molecule has 11 heavy (non-hydrogen) atoms. The maximum Gasteiger partial charge on any atom is 0.0755 e. The molecule has 0 bridgehead atoms. The van der Waals surface area contributed by atoms with Crippen LogP contribution < -0.4 is 5.32 Å². The molecular formula is C6H16N2O3. The summed E-state index contributed by atoms with van der Waals surface area (Å²) >= 11 is 0. The highest BCUT2D eigenvalue weighted by Gasteiger charge is 1.80. The van der Waals surface area contributed by atoms with Crippen LogP contribution >= 0.6 is 0 Å². The van der Waals surface area contributed by atoms with E-state index in [1.807, 2.05) is 0 Å². The lowest BCUT2D eigenvalue weighted by atomic mass is 10.3. The van der Waals surface area contributed by atoms with Crippen molar-refractivity contribution in [2.45, 2.75) is 26.7 Å². The summed E-state index contributed by atoms with van der Waals surface area (Å²) in [7, 11) is 0. The molecular weight excluding hydrogens is 148 g/mol. The predicted octanol–water partition coefficient (Wildman–Crippen LogP) is 0.131. The lowest BCUT2D eigenvalue weighted by Gasteiger charge is -1.92. The minimum Gasteiger partial charge on any atom is -0.356 e. The van der Waals surface area contributed by atoms with Crippen LogP contribution in [0.5, 0.6) is 0 Å². The van der Waals surface area contributed by atoms with Crippen LogP contribution in [0, 0.1) is 15.3 Å². The van der Waals surface area contributed by atoms with Crippen LogP contribution in [-0.4, -0.2) is 18.2 Å². The third-order valence-corrected chi connectivity index (χ3v) is 1.05. The van der Waals surface area contributed by atoms with E-state index in [2.05, 4.69) is 19.2 Å². The second-order valence-electron chi connectivity index (χ2n) is 2.06. The maximum absolute atomic E-state index is 8.25. The van der Waals surface area contributed by atoms with Gasteiger partial charge in [-0.25, -0.2) is 0 Å². The minimum absolute atomic E-state index is 1.24. The Bertz CT molecular complexity index is 79.9. The average Bonchev–Trinajstić information content (AvgIpc) is 1.88. The van der Waals surface area contributed by atoms with Gasteiger partial charge in [-0.2, -0.15) is 0 Å². The Kier molecular flexibility index (Phi) is 13.8. The second-order valence-corrected chi connectivity index (χ2v) is 2.06. The van der Waals surface area contributed by atoms with Crippen LogP contribution in [-0.2, 0) is 0 Å². The number of quaternary nitrogens is 1. The minimum atomic E-state index is -1.75. The molecule has 0 radical (unpaired) electrons. The fourth-order valence-electron chi connectivity index (χ4n) is 0.553. The molecule has 0 heterocycles. The van der Waals surface area contributed by atoms with E-state index in [4.69, 9.17) is 15.3 Å². The molecule has 5 nitrogen and oxygen atoms in total. The maximum atomic E-state index is 8.25. The van der Waals surface area contributed by atoms with Crippen molar-refractivity contribution in [2.24, 2.45) is 0 Å². The standard InChI is InChI=1S/C6H15N.NO3/c1-3-5-6-7-4-2;2-1(3)4/h7H,3-6H2,1-2H3;/q;-1/p+1. The lowest BCUT2D eigenvalue weighted by molar-refractivity contribution is -0.652. The molecule has 0 aliphatic rings. The van der Waals surface area contributed by atoms with Gasteiger partial charge in [-0.1, -0.05) is 13.3 Å². The van der Waals surface area contributed by atoms with Crippen LogP contribution in [0.25, 0.3) is 0 Å². The van der Waals surface area contributed by atoms with Gasteiger partial charge in [0.05, 0.1) is 18.2 Å². The highest BCUT2D eigenvalue weighted by atomic mass is 16.9. The quantitative estimate of drug-likeness (QED) is 0.364. The number of hydrogen-bond acceptors (Lipinski definition) is 3. The van der Waals surface area contributed by atoms with Crippen LogP contribution in [0.3, 0.4) is 0 Å². The zero-order valence-corrected chi connectivity index (χ0v) is 7.08. The SMILES string of the molecule is CCCC[NH2+]CC.O=[N+]([O-])[O-]. The van der Waals surface area contributed by atoms with Crippen molar-refractivity contribution >= 4 is 0 Å². The first-order valence-corrected chi connectivity index (χ1v) is 3.78. The zero-order chi connectivity index (χ0) is 9.11. The van der Waals surface area contributed by atoms with Crippen molar-refractivity contribution in [3.63, 3.8) is 0 Å². The molecule has 0 fully saturated rings. The van der Waals surface area contributed by atoms with E-state index >= 15 is 0 Å². The summed E-state index contributed by atoms with van der Waals surface area (Å²) in [6, 6.07) is 0. The van der Waals surface area contributed by atoms with Gasteiger partial charge in [0.25, 0.3) is 0 Å². The molecule has 68 valence electrons. The summed E-state index contributed by atoms with van der Waals surface area (Å²) in [5.41, 5.74) is 0. The van der Waals surface area contributed by atoms with Crippen molar-refractivity contribution in [1.29, 1.82) is 0 Å². The van der Waals surface area contributed by atoms with Crippen LogP contribution in [0.4, 0.5) is 0 Å². The van der Waals surface area contributed by atoms with Gasteiger partial charge in [0.2, 0.25) is 0 Å². The van der Waals surface area contributed by atoms with E-state index in [-0.39, 0.29) is 0 Å². The fourth-order valence-corrected chi connectivity index (χ4v) is 0.553. The normalized spacial score (nSPS) is 8.18. The fraction of sp³-hybridized carbons (Fsp3) is 1.00. The van der Waals surface area contributed by atoms with E-state index in [0.29, 0.717) is 0 Å². The van der Waals surface area contributed by atoms with Gasteiger partial charge >= 0.3 is 0 Å². The Hall–Kier alpha value is -0.840. The van der Waals surface area contributed by atoms with E-state index in [1.165, 1.54) is 25.9 Å². The van der Waals surface area contributed by atoms with Gasteiger partial charge in [-0.05, 0) is 13.3 Å². The van der Waals surface area contributed by atoms with Crippen molar-refractivity contribution in [1.82, 2.24) is 0 Å². The number of hydrogen-bond donors (Lipinski definition) is 1. The first-order valence-electron chi connectivity index (χ1n) is 3.78. The van der Waals surface area contributed by atoms with Crippen molar-refractivity contribution in [3.8, 4) is 0 Å². The molecule has 0 aliphatic heterocycles. The molecule has 0 atom stereocenters. The van der Waals surface area contributed by atoms with Crippen LogP contribution in [0.1, 0.15) is 26.7 Å². The van der Waals surface area contributed by atoms with Crippen LogP contribution in [0.2, 0.25) is 0 Å². The molecule has 0 spiro atoms. The predicted molar refractivity (Wildman–Crippen MR) is 42.6 cm³/mol. The smallest absolute Gasteiger partial charge is 0.0755 e. The number of rotatable bonds is 4. The van der Waals surface area contributed by atoms with Crippen molar-refractivity contribution in [2.75, 3.05) is 13.1 Å². The number of nitrogens with two attached hydrogens (primary N) is 1. The summed E-state index contributed by atoms with van der Waals surface area (Å²) in [6.07, 6.45) is 2.70. The molecule has 2 N–H and O–H groups in total. The molecule has 0 aromatic heterocycles. The zero-order valence-electron chi connectivity index (χ0n) is 7.08. The summed E-state index contributed by atoms with van der Waals surface area (Å²) in [5.74, 6) is 0. The van der Waals surface area contributed by atoms with Gasteiger partial charge in [-0.15, -0.1) is 0 Å². The molecule has 0 rings (SSSR count). The Labute approximate surface area is 66.5 Å². The van der Waals surface area contributed by atoms with Crippen LogP contribution in [0.15, 0.2) is 0 Å². The van der Waals surface area contributed by atoms with Crippen molar-refractivity contribution < 1.29 is 10.4 Å². The van der Waals surface area contributed by atoms with E-state index < -0.39 is 5.09 Å². The molecule has 0 aromatic carbocycles. The van der Waals surface area contributed by atoms with Gasteiger partial charge in [-0.3, -0.25) is 0 Å². The molecule has 0 amide bonds. The first-order chi connectivity index (χ1) is 5.15. The molecule has 0 saturated carbocycles. The number of unbranched alkanes of at least 4 members (excludes halogenated alkanes) is 1. The molecule has 0 aliphatic carbocycles. The second kappa shape index (κ2) is 11.9. The summed E-state index contributed by atoms with van der Waals surface area (Å²) in [4.78, 5) is 8.25. The van der Waals surface area contributed by atoms with E-state index in [1.54, 1.807) is 0 Å². The lowest BCUT2D eigenvalue weighted by Crippen LogP contribution is -2.83. The molecule has 0 saturated heterocycles. The highest BCUT2D eigenvalue weighted by molar-refractivity contribution is 4.24. The monoisotopic (exact) mass is 164 g/mol. The topological polar surface area (TPSA) is 82.8 Å². The molecule has 5 heteroatoms. The van der Waals surface area contributed by atoms with Gasteiger partial charge in [0.1, 0.15) is 0 Å². The summed E-state index contributed by atoms with van der Waals surface area (Å²) in [6.45, 7) is 6.96. The third-order valence-electron chi connectivity index (χ3n) is 1.05. The summed E-state index contributed by atoms with van der Waals surface area (Å²) < 4.78 is 0.